The van der Waals surface area contributed by atoms with Crippen molar-refractivity contribution in [2.24, 2.45) is 0 Å². The molecule has 0 spiro atoms. The monoisotopic (exact) mass is 534 g/mol. The lowest BCUT2D eigenvalue weighted by atomic mass is 10.2. The van der Waals surface area contributed by atoms with Gasteiger partial charge in [-0.1, -0.05) is 31.3 Å². The molecule has 1 aromatic heterocycles. The number of carbonyl (C=O) groups excluding carboxylic acids is 1. The highest BCUT2D eigenvalue weighted by Gasteiger charge is 2.25. The molecule has 3 rings (SSSR count). The smallest absolute Gasteiger partial charge is 0.260 e. The lowest BCUT2D eigenvalue weighted by molar-refractivity contribution is 0.0985. The summed E-state index contributed by atoms with van der Waals surface area (Å²) in [4.78, 5) is 23.4. The second kappa shape index (κ2) is 12.3. The highest BCUT2D eigenvalue weighted by molar-refractivity contribution is 7.98. The maximum absolute atomic E-state index is 13.6. The largest absolute Gasteiger partial charge is 0.308 e. The van der Waals surface area contributed by atoms with Crippen molar-refractivity contribution in [3.8, 4) is 0 Å². The topological polar surface area (TPSA) is 73.8 Å². The first kappa shape index (κ1) is 27.6. The first-order chi connectivity index (χ1) is 16.7. The number of fused-ring (bicyclic) bond motifs is 1. The number of hydrogen-bond donors (Lipinski definition) is 0. The van der Waals surface area contributed by atoms with Crippen LogP contribution in [-0.2, 0) is 10.0 Å². The van der Waals surface area contributed by atoms with Gasteiger partial charge in [-0.05, 0) is 69.6 Å². The number of aromatic nitrogens is 1. The Balaban J connectivity index is 1.94. The number of thioether (sulfide) groups is 1. The van der Waals surface area contributed by atoms with Gasteiger partial charge in [-0.3, -0.25) is 9.69 Å². The van der Waals surface area contributed by atoms with E-state index in [1.54, 1.807) is 28.8 Å². The highest BCUT2D eigenvalue weighted by atomic mass is 32.2. The first-order valence-electron chi connectivity index (χ1n) is 11.7. The molecule has 1 heterocycles. The Bertz CT molecular complexity index is 1230. The molecule has 0 aliphatic carbocycles. The molecule has 190 valence electrons. The molecule has 10 heteroatoms. The predicted molar refractivity (Wildman–Crippen MR) is 147 cm³/mol. The summed E-state index contributed by atoms with van der Waals surface area (Å²) in [7, 11) is 0.329. The molecule has 0 atom stereocenters. The summed E-state index contributed by atoms with van der Waals surface area (Å²) in [5.74, 6) is -0.195. The normalized spacial score (nSPS) is 12.1. The maximum Gasteiger partial charge on any atom is 0.260 e. The van der Waals surface area contributed by atoms with Crippen LogP contribution in [0.2, 0.25) is 0 Å². The third kappa shape index (κ3) is 6.42. The van der Waals surface area contributed by atoms with E-state index in [0.717, 1.165) is 28.0 Å². The van der Waals surface area contributed by atoms with Crippen LogP contribution < -0.4 is 4.90 Å². The molecule has 35 heavy (non-hydrogen) atoms. The minimum Gasteiger partial charge on any atom is -0.308 e. The van der Waals surface area contributed by atoms with E-state index in [0.29, 0.717) is 36.9 Å². The summed E-state index contributed by atoms with van der Waals surface area (Å²) < 4.78 is 28.7. The Labute approximate surface area is 217 Å². The van der Waals surface area contributed by atoms with Crippen LogP contribution in [-0.4, -0.2) is 75.0 Å². The zero-order valence-corrected chi connectivity index (χ0v) is 23.5. The number of carbonyl (C=O) groups is 1. The zero-order valence-electron chi connectivity index (χ0n) is 21.0. The fourth-order valence-corrected chi connectivity index (χ4v) is 6.97. The quantitative estimate of drug-likeness (QED) is 0.303. The molecule has 7 nitrogen and oxygen atoms in total. The third-order valence-electron chi connectivity index (χ3n) is 5.52. The van der Waals surface area contributed by atoms with Crippen molar-refractivity contribution in [1.82, 2.24) is 14.2 Å². The molecule has 0 N–H and O–H groups in total. The van der Waals surface area contributed by atoms with Crippen molar-refractivity contribution in [3.63, 3.8) is 0 Å². The predicted octanol–water partition coefficient (Wildman–Crippen LogP) is 5.04. The highest BCUT2D eigenvalue weighted by Crippen LogP contribution is 2.34. The molecule has 3 aromatic rings. The molecule has 0 bridgehead atoms. The van der Waals surface area contributed by atoms with Gasteiger partial charge in [-0.15, -0.1) is 11.8 Å². The van der Waals surface area contributed by atoms with Gasteiger partial charge in [0, 0.05) is 36.6 Å². The van der Waals surface area contributed by atoms with Crippen LogP contribution in [0.1, 0.15) is 37.0 Å². The van der Waals surface area contributed by atoms with E-state index in [-0.39, 0.29) is 10.8 Å². The standard InChI is InChI=1S/C25H34N4O3S3/c1-6-15-28(16-7-2)35(31,32)20-13-11-19(12-14-20)24(30)29(18-17-27(3)4)25-26-23-21(33-5)9-8-10-22(23)34-25/h8-14H,6-7,15-18H2,1-5H3. The Morgan fingerprint density at radius 1 is 0.971 bits per heavy atom. The van der Waals surface area contributed by atoms with Crippen LogP contribution in [0.15, 0.2) is 52.3 Å². The van der Waals surface area contributed by atoms with Gasteiger partial charge in [0.25, 0.3) is 5.91 Å². The van der Waals surface area contributed by atoms with Crippen LogP contribution in [0.4, 0.5) is 5.13 Å². The minimum absolute atomic E-state index is 0.195. The van der Waals surface area contributed by atoms with E-state index in [4.69, 9.17) is 4.98 Å². The van der Waals surface area contributed by atoms with E-state index in [1.807, 2.05) is 57.3 Å². The molecule has 0 saturated heterocycles. The molecule has 0 aliphatic heterocycles. The number of hydrogen-bond acceptors (Lipinski definition) is 7. The second-order valence-corrected chi connectivity index (χ2v) is 12.3. The lowest BCUT2D eigenvalue weighted by Crippen LogP contribution is -2.36. The number of rotatable bonds is 12. The van der Waals surface area contributed by atoms with Crippen molar-refractivity contribution in [3.05, 3.63) is 48.0 Å². The molecule has 2 aromatic carbocycles. The summed E-state index contributed by atoms with van der Waals surface area (Å²) in [6.07, 6.45) is 3.51. The molecule has 0 aliphatic rings. The second-order valence-electron chi connectivity index (χ2n) is 8.49. The average Bonchev–Trinajstić information content (AvgIpc) is 3.28. The van der Waals surface area contributed by atoms with Crippen molar-refractivity contribution in [1.29, 1.82) is 0 Å². The van der Waals surface area contributed by atoms with Gasteiger partial charge in [-0.2, -0.15) is 4.31 Å². The molecule has 0 saturated carbocycles. The van der Waals surface area contributed by atoms with Crippen LogP contribution in [0.5, 0.6) is 0 Å². The molecule has 0 radical (unpaired) electrons. The Kier molecular flexibility index (Phi) is 9.71. The summed E-state index contributed by atoms with van der Waals surface area (Å²) in [6, 6.07) is 12.3. The maximum atomic E-state index is 13.6. The van der Waals surface area contributed by atoms with Gasteiger partial charge >= 0.3 is 0 Å². The Hall–Kier alpha value is -1.98. The van der Waals surface area contributed by atoms with Crippen molar-refractivity contribution in [2.75, 3.05) is 51.4 Å². The van der Waals surface area contributed by atoms with Gasteiger partial charge in [0.05, 0.1) is 15.1 Å². The van der Waals surface area contributed by atoms with E-state index >= 15 is 0 Å². The summed E-state index contributed by atoms with van der Waals surface area (Å²) in [5.41, 5.74) is 1.33. The van der Waals surface area contributed by atoms with Crippen molar-refractivity contribution < 1.29 is 13.2 Å². The Morgan fingerprint density at radius 3 is 2.20 bits per heavy atom. The number of benzene rings is 2. The minimum atomic E-state index is -3.60. The number of anilines is 1. The van der Waals surface area contributed by atoms with Crippen LogP contribution in [0.3, 0.4) is 0 Å². The van der Waals surface area contributed by atoms with Gasteiger partial charge in [0.15, 0.2) is 5.13 Å². The number of sulfonamides is 1. The van der Waals surface area contributed by atoms with Gasteiger partial charge in [-0.25, -0.2) is 13.4 Å². The Morgan fingerprint density at radius 2 is 1.63 bits per heavy atom. The van der Waals surface area contributed by atoms with E-state index < -0.39 is 10.0 Å². The summed E-state index contributed by atoms with van der Waals surface area (Å²) >= 11 is 3.12. The molecule has 1 amide bonds. The fraction of sp³-hybridized carbons (Fsp3) is 0.440. The number of para-hydroxylation sites is 1. The average molecular weight is 535 g/mol. The number of nitrogens with zero attached hydrogens (tertiary/aromatic N) is 4. The van der Waals surface area contributed by atoms with Crippen molar-refractivity contribution >= 4 is 54.4 Å². The molecule has 0 unspecified atom stereocenters. The first-order valence-corrected chi connectivity index (χ1v) is 15.2. The van der Waals surface area contributed by atoms with Gasteiger partial charge in [0.2, 0.25) is 10.0 Å². The SMILES string of the molecule is CCCN(CCC)S(=O)(=O)c1ccc(C(=O)N(CCN(C)C)c2nc3c(SC)cccc3s2)cc1. The van der Waals surface area contributed by atoms with E-state index in [1.165, 1.54) is 27.8 Å². The van der Waals surface area contributed by atoms with E-state index in [9.17, 15) is 13.2 Å². The number of amides is 1. The molecule has 0 fully saturated rings. The third-order valence-corrected chi connectivity index (χ3v) is 9.25. The van der Waals surface area contributed by atoms with Crippen LogP contribution >= 0.6 is 23.1 Å². The number of thiazole rings is 1. The number of likely N-dealkylation sites (N-methyl/N-ethyl adjacent to an activating group) is 1. The lowest BCUT2D eigenvalue weighted by Gasteiger charge is -2.23. The molecular formula is C25H34N4O3S3. The fourth-order valence-electron chi connectivity index (χ4n) is 3.70. The van der Waals surface area contributed by atoms with Crippen LogP contribution in [0, 0.1) is 0 Å². The molecular weight excluding hydrogens is 501 g/mol. The van der Waals surface area contributed by atoms with E-state index in [2.05, 4.69) is 0 Å². The zero-order chi connectivity index (χ0) is 25.6. The summed E-state index contributed by atoms with van der Waals surface area (Å²) in [6.45, 7) is 6.03. The van der Waals surface area contributed by atoms with Crippen LogP contribution in [0.25, 0.3) is 10.2 Å². The van der Waals surface area contributed by atoms with Gasteiger partial charge < -0.3 is 4.90 Å². The van der Waals surface area contributed by atoms with Gasteiger partial charge in [0.1, 0.15) is 0 Å². The van der Waals surface area contributed by atoms with Crippen molar-refractivity contribution in [2.45, 2.75) is 36.5 Å². The summed E-state index contributed by atoms with van der Waals surface area (Å²) in [5, 5.41) is 0.641.